The standard InChI is InChI=1S/C18H20N2.C4H5N/c1-19-10-11-20-17-9-5-3-7-15(17)12-14-6-2-4-8-16(14)18(20)13-19;1-2-4-5-3-1/h2-9,18H,10-13H2,1H3;1-5H. The Bertz CT molecular complexity index is 792. The van der Waals surface area contributed by atoms with Crippen LogP contribution in [-0.2, 0) is 6.42 Å². The minimum Gasteiger partial charge on any atom is -0.368 e. The average molecular weight is 331 g/mol. The second kappa shape index (κ2) is 7.16. The van der Waals surface area contributed by atoms with E-state index in [1.54, 1.807) is 0 Å². The molecule has 0 spiro atoms. The van der Waals surface area contributed by atoms with E-state index in [9.17, 15) is 0 Å². The van der Waals surface area contributed by atoms with Gasteiger partial charge in [-0.2, -0.15) is 0 Å². The van der Waals surface area contributed by atoms with E-state index < -0.39 is 0 Å². The molecule has 3 aromatic rings. The quantitative estimate of drug-likeness (QED) is 0.670. The summed E-state index contributed by atoms with van der Waals surface area (Å²) in [4.78, 5) is 7.92. The molecule has 3 heteroatoms. The van der Waals surface area contributed by atoms with E-state index in [2.05, 4.69) is 70.4 Å². The van der Waals surface area contributed by atoms with Crippen LogP contribution in [0.2, 0.25) is 0 Å². The van der Waals surface area contributed by atoms with Gasteiger partial charge in [-0.3, -0.25) is 0 Å². The molecule has 1 aromatic heterocycles. The molecule has 3 nitrogen and oxygen atoms in total. The number of para-hydroxylation sites is 1. The van der Waals surface area contributed by atoms with Crippen molar-refractivity contribution in [1.82, 2.24) is 9.88 Å². The van der Waals surface area contributed by atoms with Crippen molar-refractivity contribution in [2.45, 2.75) is 12.5 Å². The number of fused-ring (bicyclic) bond motifs is 5. The van der Waals surface area contributed by atoms with Crippen LogP contribution in [0.15, 0.2) is 73.1 Å². The highest BCUT2D eigenvalue weighted by molar-refractivity contribution is 5.60. The largest absolute Gasteiger partial charge is 0.368 e. The number of aromatic nitrogens is 1. The fraction of sp³-hybridized carbons (Fsp3) is 0.273. The molecule has 25 heavy (non-hydrogen) atoms. The van der Waals surface area contributed by atoms with Crippen LogP contribution in [0, 0.1) is 0 Å². The molecule has 0 saturated carbocycles. The monoisotopic (exact) mass is 331 g/mol. The maximum atomic E-state index is 2.86. The summed E-state index contributed by atoms with van der Waals surface area (Å²) in [6.45, 7) is 3.38. The number of benzene rings is 2. The van der Waals surface area contributed by atoms with Crippen molar-refractivity contribution in [3.8, 4) is 0 Å². The van der Waals surface area contributed by atoms with E-state index in [1.165, 1.54) is 22.4 Å². The number of likely N-dealkylation sites (N-methyl/N-ethyl adjacent to an activating group) is 1. The lowest BCUT2D eigenvalue weighted by molar-refractivity contribution is 0.269. The zero-order chi connectivity index (χ0) is 17.1. The Hall–Kier alpha value is -2.52. The molecule has 0 amide bonds. The minimum atomic E-state index is 0.494. The highest BCUT2D eigenvalue weighted by Crippen LogP contribution is 2.38. The zero-order valence-corrected chi connectivity index (χ0v) is 14.7. The predicted molar refractivity (Wildman–Crippen MR) is 104 cm³/mol. The number of anilines is 1. The first-order valence-electron chi connectivity index (χ1n) is 9.01. The minimum absolute atomic E-state index is 0.494. The Morgan fingerprint density at radius 2 is 1.56 bits per heavy atom. The maximum absolute atomic E-state index is 2.86. The van der Waals surface area contributed by atoms with Gasteiger partial charge in [0.05, 0.1) is 6.04 Å². The van der Waals surface area contributed by atoms with Gasteiger partial charge in [0.2, 0.25) is 0 Å². The molecule has 3 heterocycles. The van der Waals surface area contributed by atoms with E-state index in [0.29, 0.717) is 6.04 Å². The summed E-state index contributed by atoms with van der Waals surface area (Å²) in [5.41, 5.74) is 5.90. The first-order chi connectivity index (χ1) is 12.3. The summed E-state index contributed by atoms with van der Waals surface area (Å²) in [6.07, 6.45) is 4.81. The number of hydrogen-bond donors (Lipinski definition) is 1. The molecule has 1 fully saturated rings. The van der Waals surface area contributed by atoms with Crippen molar-refractivity contribution in [3.63, 3.8) is 0 Å². The molecule has 1 N–H and O–H groups in total. The van der Waals surface area contributed by atoms with Crippen molar-refractivity contribution >= 4 is 5.69 Å². The van der Waals surface area contributed by atoms with E-state index in [-0.39, 0.29) is 0 Å². The van der Waals surface area contributed by atoms with Gasteiger partial charge in [-0.1, -0.05) is 42.5 Å². The van der Waals surface area contributed by atoms with Crippen molar-refractivity contribution in [2.24, 2.45) is 0 Å². The van der Waals surface area contributed by atoms with Gasteiger partial charge in [0.15, 0.2) is 0 Å². The summed E-state index contributed by atoms with van der Waals surface area (Å²) < 4.78 is 0. The first kappa shape index (κ1) is 16.0. The number of nitrogens with zero attached hydrogens (tertiary/aromatic N) is 2. The predicted octanol–water partition coefficient (Wildman–Crippen LogP) is 4.10. The van der Waals surface area contributed by atoms with Crippen LogP contribution in [0.1, 0.15) is 22.7 Å². The molecule has 0 radical (unpaired) electrons. The fourth-order valence-electron chi connectivity index (χ4n) is 3.92. The number of H-pyrrole nitrogens is 1. The van der Waals surface area contributed by atoms with E-state index in [0.717, 1.165) is 26.1 Å². The van der Waals surface area contributed by atoms with Crippen LogP contribution in [0.4, 0.5) is 5.69 Å². The molecule has 5 rings (SSSR count). The molecule has 0 bridgehead atoms. The van der Waals surface area contributed by atoms with Crippen molar-refractivity contribution in [1.29, 1.82) is 0 Å². The van der Waals surface area contributed by atoms with Gasteiger partial charge >= 0.3 is 0 Å². The second-order valence-electron chi connectivity index (χ2n) is 6.86. The van der Waals surface area contributed by atoms with Crippen molar-refractivity contribution in [2.75, 3.05) is 31.6 Å². The van der Waals surface area contributed by atoms with E-state index in [4.69, 9.17) is 0 Å². The number of rotatable bonds is 0. The highest BCUT2D eigenvalue weighted by Gasteiger charge is 2.31. The van der Waals surface area contributed by atoms with Crippen LogP contribution in [0.5, 0.6) is 0 Å². The van der Waals surface area contributed by atoms with Gasteiger partial charge < -0.3 is 14.8 Å². The molecule has 2 aromatic carbocycles. The molecule has 128 valence electrons. The Balaban J connectivity index is 0.000000272. The Kier molecular flexibility index (Phi) is 4.57. The Morgan fingerprint density at radius 1 is 0.840 bits per heavy atom. The lowest BCUT2D eigenvalue weighted by Crippen LogP contribution is -2.46. The third-order valence-electron chi connectivity index (χ3n) is 5.18. The van der Waals surface area contributed by atoms with Crippen LogP contribution in [-0.4, -0.2) is 36.6 Å². The second-order valence-corrected chi connectivity index (χ2v) is 6.86. The summed E-state index contributed by atoms with van der Waals surface area (Å²) in [6, 6.07) is 22.3. The molecule has 1 unspecified atom stereocenters. The lowest BCUT2D eigenvalue weighted by Gasteiger charge is -2.41. The number of piperazine rings is 1. The number of nitrogens with one attached hydrogen (secondary N) is 1. The van der Waals surface area contributed by atoms with Gasteiger partial charge in [-0.05, 0) is 48.4 Å². The highest BCUT2D eigenvalue weighted by atomic mass is 15.3. The molecule has 1 saturated heterocycles. The van der Waals surface area contributed by atoms with Gasteiger partial charge in [0, 0.05) is 37.7 Å². The maximum Gasteiger partial charge on any atom is 0.0672 e. The summed E-state index contributed by atoms with van der Waals surface area (Å²) in [5.74, 6) is 0. The third kappa shape index (κ3) is 3.33. The Morgan fingerprint density at radius 3 is 2.32 bits per heavy atom. The van der Waals surface area contributed by atoms with Crippen molar-refractivity contribution < 1.29 is 0 Å². The zero-order valence-electron chi connectivity index (χ0n) is 14.7. The van der Waals surface area contributed by atoms with E-state index in [1.807, 2.05) is 24.5 Å². The lowest BCUT2D eigenvalue weighted by atomic mass is 9.96. The van der Waals surface area contributed by atoms with Gasteiger partial charge in [-0.15, -0.1) is 0 Å². The molecule has 2 aliphatic rings. The SMILES string of the molecule is CN1CCN2c3ccccc3Cc3ccccc3C2C1.c1cc[nH]c1. The average Bonchev–Trinajstić information content (AvgIpc) is 3.19. The number of hydrogen-bond acceptors (Lipinski definition) is 2. The summed E-state index contributed by atoms with van der Waals surface area (Å²) in [5, 5.41) is 0. The molecule has 1 atom stereocenters. The first-order valence-corrected chi connectivity index (χ1v) is 9.01. The van der Waals surface area contributed by atoms with Crippen LogP contribution < -0.4 is 4.90 Å². The van der Waals surface area contributed by atoms with E-state index >= 15 is 0 Å². The number of aromatic amines is 1. The normalized spacial score (nSPS) is 18.9. The molecular weight excluding hydrogens is 306 g/mol. The topological polar surface area (TPSA) is 22.3 Å². The van der Waals surface area contributed by atoms with Crippen LogP contribution in [0.3, 0.4) is 0 Å². The molecular formula is C22H25N3. The molecule has 0 aliphatic carbocycles. The summed E-state index contributed by atoms with van der Waals surface area (Å²) >= 11 is 0. The summed E-state index contributed by atoms with van der Waals surface area (Å²) in [7, 11) is 2.23. The van der Waals surface area contributed by atoms with Crippen LogP contribution >= 0.6 is 0 Å². The van der Waals surface area contributed by atoms with Crippen LogP contribution in [0.25, 0.3) is 0 Å². The molecule has 2 aliphatic heterocycles. The van der Waals surface area contributed by atoms with Gasteiger partial charge in [0.25, 0.3) is 0 Å². The third-order valence-corrected chi connectivity index (χ3v) is 5.18. The van der Waals surface area contributed by atoms with Gasteiger partial charge in [-0.25, -0.2) is 0 Å². The van der Waals surface area contributed by atoms with Gasteiger partial charge in [0.1, 0.15) is 0 Å². The fourth-order valence-corrected chi connectivity index (χ4v) is 3.92. The van der Waals surface area contributed by atoms with Crippen molar-refractivity contribution in [3.05, 3.63) is 89.7 Å². The Labute approximate surface area is 149 Å². The smallest absolute Gasteiger partial charge is 0.0672 e.